The van der Waals surface area contributed by atoms with E-state index in [1.807, 2.05) is 28.9 Å². The Morgan fingerprint density at radius 1 is 1.33 bits per heavy atom. The molecule has 1 atom stereocenters. The first kappa shape index (κ1) is 16.7. The molecule has 0 aromatic carbocycles. The molecule has 1 unspecified atom stereocenters. The first-order valence-electron chi connectivity index (χ1n) is 8.17. The Labute approximate surface area is 141 Å². The molecule has 0 radical (unpaired) electrons. The Hall–Kier alpha value is -2.19. The minimum atomic E-state index is -0.0913. The Kier molecular flexibility index (Phi) is 5.27. The predicted molar refractivity (Wildman–Crippen MR) is 91.2 cm³/mol. The molecule has 0 amide bonds. The fourth-order valence-electron chi connectivity index (χ4n) is 2.91. The normalized spacial score (nSPS) is 18.7. The molecule has 0 saturated carbocycles. The summed E-state index contributed by atoms with van der Waals surface area (Å²) in [6, 6.07) is 1.93. The maximum atomic E-state index is 12.1. The van der Waals surface area contributed by atoms with Gasteiger partial charge in [-0.25, -0.2) is 4.98 Å². The van der Waals surface area contributed by atoms with Crippen LogP contribution in [0.25, 0.3) is 0 Å². The molecule has 1 aliphatic rings. The molecule has 8 heteroatoms. The van der Waals surface area contributed by atoms with Gasteiger partial charge in [-0.05, 0) is 6.07 Å². The van der Waals surface area contributed by atoms with E-state index in [2.05, 4.69) is 15.0 Å². The summed E-state index contributed by atoms with van der Waals surface area (Å²) >= 11 is 0. The van der Waals surface area contributed by atoms with Crippen LogP contribution in [0.5, 0.6) is 0 Å². The first-order chi connectivity index (χ1) is 11.6. The van der Waals surface area contributed by atoms with Crippen LogP contribution in [-0.2, 0) is 18.3 Å². The lowest BCUT2D eigenvalue weighted by Crippen LogP contribution is -2.48. The highest BCUT2D eigenvalue weighted by Crippen LogP contribution is 2.09. The SMILES string of the molecule is CN(CC1CN(CCn2cccn2)CCO1)c1nccn(C)c1=O. The summed E-state index contributed by atoms with van der Waals surface area (Å²) in [5.41, 5.74) is -0.0913. The first-order valence-corrected chi connectivity index (χ1v) is 8.17. The molecule has 3 heterocycles. The lowest BCUT2D eigenvalue weighted by atomic mass is 10.2. The van der Waals surface area contributed by atoms with E-state index in [1.54, 1.807) is 25.6 Å². The minimum Gasteiger partial charge on any atom is -0.374 e. The van der Waals surface area contributed by atoms with Crippen molar-refractivity contribution in [3.05, 3.63) is 41.2 Å². The highest BCUT2D eigenvalue weighted by molar-refractivity contribution is 5.34. The van der Waals surface area contributed by atoms with Crippen molar-refractivity contribution >= 4 is 5.82 Å². The van der Waals surface area contributed by atoms with E-state index in [4.69, 9.17) is 4.74 Å². The van der Waals surface area contributed by atoms with Crippen molar-refractivity contribution in [3.63, 3.8) is 0 Å². The second-order valence-electron chi connectivity index (χ2n) is 6.11. The molecule has 1 aliphatic heterocycles. The van der Waals surface area contributed by atoms with Gasteiger partial charge in [0.2, 0.25) is 0 Å². The van der Waals surface area contributed by atoms with Gasteiger partial charge in [0, 0.05) is 65.1 Å². The fraction of sp³-hybridized carbons (Fsp3) is 0.562. The summed E-state index contributed by atoms with van der Waals surface area (Å²) < 4.78 is 9.34. The minimum absolute atomic E-state index is 0.0630. The number of ether oxygens (including phenoxy) is 1. The highest BCUT2D eigenvalue weighted by Gasteiger charge is 2.23. The van der Waals surface area contributed by atoms with Gasteiger partial charge in [-0.3, -0.25) is 14.4 Å². The Bertz CT molecular complexity index is 699. The molecule has 130 valence electrons. The van der Waals surface area contributed by atoms with Gasteiger partial charge < -0.3 is 14.2 Å². The third-order valence-corrected chi connectivity index (χ3v) is 4.27. The van der Waals surface area contributed by atoms with Gasteiger partial charge in [0.15, 0.2) is 5.82 Å². The number of morpholine rings is 1. The molecule has 0 bridgehead atoms. The Balaban J connectivity index is 1.54. The standard InChI is InChI=1S/C16H24N6O2/c1-19-7-5-17-15(16(19)23)20(2)12-14-13-21(10-11-24-14)8-9-22-6-3-4-18-22/h3-7,14H,8-13H2,1-2H3. The van der Waals surface area contributed by atoms with Crippen LogP contribution >= 0.6 is 0 Å². The van der Waals surface area contributed by atoms with Gasteiger partial charge in [-0.15, -0.1) is 0 Å². The molecule has 2 aromatic rings. The molecule has 24 heavy (non-hydrogen) atoms. The van der Waals surface area contributed by atoms with Crippen LogP contribution < -0.4 is 10.5 Å². The van der Waals surface area contributed by atoms with Crippen molar-refractivity contribution in [2.45, 2.75) is 12.6 Å². The molecule has 0 aliphatic carbocycles. The number of rotatable bonds is 6. The summed E-state index contributed by atoms with van der Waals surface area (Å²) in [7, 11) is 3.62. The average Bonchev–Trinajstić information content (AvgIpc) is 3.09. The predicted octanol–water partition coefficient (Wildman–Crippen LogP) is -0.186. The van der Waals surface area contributed by atoms with Gasteiger partial charge in [0.05, 0.1) is 19.3 Å². The van der Waals surface area contributed by atoms with Crippen molar-refractivity contribution in [3.8, 4) is 0 Å². The molecule has 0 spiro atoms. The number of hydrogen-bond donors (Lipinski definition) is 0. The molecule has 1 saturated heterocycles. The zero-order valence-corrected chi connectivity index (χ0v) is 14.2. The lowest BCUT2D eigenvalue weighted by Gasteiger charge is -2.34. The Morgan fingerprint density at radius 2 is 2.21 bits per heavy atom. The van der Waals surface area contributed by atoms with E-state index in [9.17, 15) is 4.79 Å². The van der Waals surface area contributed by atoms with Crippen LogP contribution in [0.3, 0.4) is 0 Å². The van der Waals surface area contributed by atoms with Crippen LogP contribution in [0.15, 0.2) is 35.6 Å². The van der Waals surface area contributed by atoms with E-state index in [0.29, 0.717) is 19.0 Å². The summed E-state index contributed by atoms with van der Waals surface area (Å²) in [5.74, 6) is 0.456. The van der Waals surface area contributed by atoms with Crippen LogP contribution in [0, 0.1) is 0 Å². The third-order valence-electron chi connectivity index (χ3n) is 4.27. The smallest absolute Gasteiger partial charge is 0.293 e. The summed E-state index contributed by atoms with van der Waals surface area (Å²) in [6.07, 6.45) is 7.14. The molecule has 3 rings (SSSR count). The van der Waals surface area contributed by atoms with Gasteiger partial charge >= 0.3 is 0 Å². The third kappa shape index (κ3) is 4.01. The average molecular weight is 332 g/mol. The topological polar surface area (TPSA) is 68.4 Å². The van der Waals surface area contributed by atoms with Gasteiger partial charge in [-0.2, -0.15) is 5.10 Å². The number of aromatic nitrogens is 4. The number of hydrogen-bond acceptors (Lipinski definition) is 6. The fourth-order valence-corrected chi connectivity index (χ4v) is 2.91. The molecular weight excluding hydrogens is 308 g/mol. The van der Waals surface area contributed by atoms with Gasteiger partial charge in [0.1, 0.15) is 0 Å². The van der Waals surface area contributed by atoms with Crippen LogP contribution in [-0.4, -0.2) is 70.2 Å². The summed E-state index contributed by atoms with van der Waals surface area (Å²) in [5, 5.41) is 4.23. The maximum Gasteiger partial charge on any atom is 0.293 e. The van der Waals surface area contributed by atoms with Crippen molar-refractivity contribution in [2.24, 2.45) is 7.05 Å². The second kappa shape index (κ2) is 7.59. The molecule has 1 fully saturated rings. The monoisotopic (exact) mass is 332 g/mol. The number of anilines is 1. The van der Waals surface area contributed by atoms with Crippen molar-refractivity contribution < 1.29 is 4.74 Å². The van der Waals surface area contributed by atoms with Crippen LogP contribution in [0.2, 0.25) is 0 Å². The lowest BCUT2D eigenvalue weighted by molar-refractivity contribution is -0.0247. The number of likely N-dealkylation sites (N-methyl/N-ethyl adjacent to an activating group) is 1. The highest BCUT2D eigenvalue weighted by atomic mass is 16.5. The van der Waals surface area contributed by atoms with Gasteiger partial charge in [-0.1, -0.05) is 0 Å². The summed E-state index contributed by atoms with van der Waals surface area (Å²) in [6.45, 7) is 4.93. The van der Waals surface area contributed by atoms with E-state index >= 15 is 0 Å². The van der Waals surface area contributed by atoms with E-state index < -0.39 is 0 Å². The van der Waals surface area contributed by atoms with E-state index in [1.165, 1.54) is 4.57 Å². The van der Waals surface area contributed by atoms with Crippen molar-refractivity contribution in [1.82, 2.24) is 24.2 Å². The van der Waals surface area contributed by atoms with Crippen LogP contribution in [0.1, 0.15) is 0 Å². The largest absolute Gasteiger partial charge is 0.374 e. The van der Waals surface area contributed by atoms with Crippen molar-refractivity contribution in [1.29, 1.82) is 0 Å². The molecular formula is C16H24N6O2. The Morgan fingerprint density at radius 3 is 3.00 bits per heavy atom. The van der Waals surface area contributed by atoms with E-state index in [0.717, 1.165) is 26.2 Å². The van der Waals surface area contributed by atoms with Crippen LogP contribution in [0.4, 0.5) is 5.82 Å². The second-order valence-corrected chi connectivity index (χ2v) is 6.11. The van der Waals surface area contributed by atoms with Gasteiger partial charge in [0.25, 0.3) is 5.56 Å². The molecule has 2 aromatic heterocycles. The number of aryl methyl sites for hydroxylation is 1. The quantitative estimate of drug-likeness (QED) is 0.731. The van der Waals surface area contributed by atoms with E-state index in [-0.39, 0.29) is 11.7 Å². The number of nitrogens with zero attached hydrogens (tertiary/aromatic N) is 6. The summed E-state index contributed by atoms with van der Waals surface area (Å²) in [4.78, 5) is 20.6. The molecule has 0 N–H and O–H groups in total. The maximum absolute atomic E-state index is 12.1. The van der Waals surface area contributed by atoms with Crippen molar-refractivity contribution in [2.75, 3.05) is 44.7 Å². The zero-order valence-electron chi connectivity index (χ0n) is 14.2. The zero-order chi connectivity index (χ0) is 16.9. The molecule has 8 nitrogen and oxygen atoms in total.